The van der Waals surface area contributed by atoms with Crippen LogP contribution in [0.15, 0.2) is 24.3 Å². The van der Waals surface area contributed by atoms with Crippen LogP contribution < -0.4 is 4.74 Å². The maximum Gasteiger partial charge on any atom is 0.336 e. The Hall–Kier alpha value is -1.77. The Morgan fingerprint density at radius 3 is 2.39 bits per heavy atom. The molecule has 0 aromatic heterocycles. The lowest BCUT2D eigenvalue weighted by Gasteiger charge is -2.63. The molecule has 1 N–H and O–H groups in total. The van der Waals surface area contributed by atoms with Crippen LogP contribution in [0.5, 0.6) is 5.75 Å². The third-order valence-corrected chi connectivity index (χ3v) is 14.5. The topological polar surface area (TPSA) is 46.5 Å². The SMILES string of the molecule is COc1ccc(C(=O)O)c(C2=CCC(C)(C)[C@@H]3CC[C@@H]4[C@]5(CC[C@]6(C)[C@@H]([C@H](C)CCCC(C)C)CC[C@@]46C)C[C@]235)c1. The fourth-order valence-corrected chi connectivity index (χ4v) is 12.3. The summed E-state index contributed by atoms with van der Waals surface area (Å²) < 4.78 is 5.65. The third-order valence-electron chi connectivity index (χ3n) is 14.5. The zero-order valence-electron chi connectivity index (χ0n) is 27.2. The Kier molecular flexibility index (Phi) is 6.87. The minimum Gasteiger partial charge on any atom is -0.497 e. The lowest BCUT2D eigenvalue weighted by molar-refractivity contribution is -0.125. The smallest absolute Gasteiger partial charge is 0.336 e. The van der Waals surface area contributed by atoms with Crippen molar-refractivity contribution >= 4 is 11.5 Å². The summed E-state index contributed by atoms with van der Waals surface area (Å²) in [7, 11) is 1.69. The molecule has 0 unspecified atom stereocenters. The van der Waals surface area contributed by atoms with Crippen LogP contribution in [0.2, 0.25) is 0 Å². The van der Waals surface area contributed by atoms with Gasteiger partial charge in [0.1, 0.15) is 5.75 Å². The van der Waals surface area contributed by atoms with Crippen molar-refractivity contribution in [3.8, 4) is 5.75 Å². The highest BCUT2D eigenvalue weighted by Gasteiger charge is 2.82. The molecule has 1 aromatic rings. The molecule has 4 saturated carbocycles. The molecule has 41 heavy (non-hydrogen) atoms. The molecule has 0 heterocycles. The summed E-state index contributed by atoms with van der Waals surface area (Å²) in [4.78, 5) is 12.5. The standard InChI is InChI=1S/C38H56O3/c1-24(2)10-9-11-25(3)29-17-19-36(7)32-15-14-31-34(4,5)18-16-30(28-22-26(41-8)12-13-27(28)33(39)40)38(31)23-37(32,38)21-20-35(29,36)6/h12-13,16,22,24-25,29,31-32H,9-11,14-15,17-21,23H2,1-8H3,(H,39,40)/t25-,29-,31+,32+,35-,36+,37+,38+/m1/s1. The lowest BCUT2D eigenvalue weighted by Crippen LogP contribution is -2.56. The largest absolute Gasteiger partial charge is 0.497 e. The molecule has 226 valence electrons. The first-order valence-electron chi connectivity index (χ1n) is 16.9. The van der Waals surface area contributed by atoms with Gasteiger partial charge >= 0.3 is 5.97 Å². The first-order valence-corrected chi connectivity index (χ1v) is 16.9. The van der Waals surface area contributed by atoms with Crippen LogP contribution in [0.1, 0.15) is 135 Å². The van der Waals surface area contributed by atoms with Gasteiger partial charge in [-0.05, 0) is 132 Å². The highest BCUT2D eigenvalue weighted by Crippen LogP contribution is 2.90. The van der Waals surface area contributed by atoms with Gasteiger partial charge in [0, 0.05) is 5.41 Å². The number of carboxylic acid groups (broad SMARTS) is 1. The molecule has 2 spiro atoms. The number of fused-ring (bicyclic) bond motifs is 2. The van der Waals surface area contributed by atoms with Crippen molar-refractivity contribution in [2.24, 2.45) is 56.7 Å². The van der Waals surface area contributed by atoms with Crippen LogP contribution in [0, 0.1) is 56.7 Å². The number of carboxylic acids is 1. The second-order valence-corrected chi connectivity index (χ2v) is 16.8. The van der Waals surface area contributed by atoms with E-state index in [4.69, 9.17) is 4.74 Å². The van der Waals surface area contributed by atoms with E-state index in [9.17, 15) is 9.90 Å². The van der Waals surface area contributed by atoms with E-state index >= 15 is 0 Å². The van der Waals surface area contributed by atoms with Gasteiger partial charge < -0.3 is 9.84 Å². The molecule has 4 fully saturated rings. The number of rotatable bonds is 8. The average Bonchev–Trinajstić information content (AvgIpc) is 3.50. The van der Waals surface area contributed by atoms with Crippen molar-refractivity contribution in [2.75, 3.05) is 7.11 Å². The van der Waals surface area contributed by atoms with Crippen LogP contribution in [0.4, 0.5) is 0 Å². The molecule has 3 heteroatoms. The van der Waals surface area contributed by atoms with E-state index in [1.54, 1.807) is 13.2 Å². The number of hydrogen-bond donors (Lipinski definition) is 1. The highest BCUT2D eigenvalue weighted by atomic mass is 16.5. The molecule has 8 atom stereocenters. The Labute approximate surface area is 249 Å². The van der Waals surface area contributed by atoms with E-state index in [0.29, 0.717) is 27.7 Å². The Bertz CT molecular complexity index is 1240. The van der Waals surface area contributed by atoms with Crippen molar-refractivity contribution in [1.82, 2.24) is 0 Å². The van der Waals surface area contributed by atoms with E-state index in [-0.39, 0.29) is 10.8 Å². The molecule has 0 aliphatic heterocycles. The van der Waals surface area contributed by atoms with Crippen molar-refractivity contribution in [3.63, 3.8) is 0 Å². The monoisotopic (exact) mass is 560 g/mol. The number of carbonyl (C=O) groups is 1. The summed E-state index contributed by atoms with van der Waals surface area (Å²) in [6.07, 6.45) is 16.9. The van der Waals surface area contributed by atoms with Gasteiger partial charge in [-0.1, -0.05) is 73.8 Å². The van der Waals surface area contributed by atoms with Gasteiger partial charge in [0.05, 0.1) is 12.7 Å². The van der Waals surface area contributed by atoms with Crippen molar-refractivity contribution in [1.29, 1.82) is 0 Å². The van der Waals surface area contributed by atoms with Gasteiger partial charge in [0.15, 0.2) is 0 Å². The fraction of sp³-hybridized carbons (Fsp3) is 0.763. The molecular formula is C38H56O3. The second kappa shape index (κ2) is 9.62. The Morgan fingerprint density at radius 2 is 1.71 bits per heavy atom. The summed E-state index contributed by atoms with van der Waals surface area (Å²) >= 11 is 0. The maximum absolute atomic E-state index is 12.5. The molecule has 1 aromatic carbocycles. The number of benzene rings is 1. The summed E-state index contributed by atoms with van der Waals surface area (Å²) in [6.45, 7) is 17.7. The number of aromatic carboxylic acids is 1. The minimum absolute atomic E-state index is 0.0968. The number of methoxy groups -OCH3 is 1. The van der Waals surface area contributed by atoms with Gasteiger partial charge in [-0.3, -0.25) is 0 Å². The predicted molar refractivity (Wildman–Crippen MR) is 168 cm³/mol. The van der Waals surface area contributed by atoms with Crippen molar-refractivity contribution in [2.45, 2.75) is 119 Å². The molecule has 6 rings (SSSR count). The Balaban J connectivity index is 1.39. The van der Waals surface area contributed by atoms with E-state index < -0.39 is 5.97 Å². The molecule has 0 bridgehead atoms. The van der Waals surface area contributed by atoms with Gasteiger partial charge in [0.2, 0.25) is 0 Å². The summed E-state index contributed by atoms with van der Waals surface area (Å²) in [5, 5.41) is 10.3. The Morgan fingerprint density at radius 1 is 0.976 bits per heavy atom. The van der Waals surface area contributed by atoms with Crippen LogP contribution in [-0.2, 0) is 0 Å². The first-order chi connectivity index (χ1) is 19.3. The second-order valence-electron chi connectivity index (χ2n) is 16.8. The molecule has 0 radical (unpaired) electrons. The number of ether oxygens (including phenoxy) is 1. The molecule has 5 aliphatic carbocycles. The maximum atomic E-state index is 12.5. The van der Waals surface area contributed by atoms with Gasteiger partial charge in [0.25, 0.3) is 0 Å². The van der Waals surface area contributed by atoms with Gasteiger partial charge in [-0.25, -0.2) is 4.79 Å². The fourth-order valence-electron chi connectivity index (χ4n) is 12.3. The van der Waals surface area contributed by atoms with Crippen LogP contribution in [0.3, 0.4) is 0 Å². The van der Waals surface area contributed by atoms with Crippen LogP contribution in [-0.4, -0.2) is 18.2 Å². The van der Waals surface area contributed by atoms with Crippen LogP contribution >= 0.6 is 0 Å². The summed E-state index contributed by atoms with van der Waals surface area (Å²) in [6, 6.07) is 5.63. The van der Waals surface area contributed by atoms with Crippen LogP contribution in [0.25, 0.3) is 5.57 Å². The number of hydrogen-bond acceptors (Lipinski definition) is 2. The van der Waals surface area contributed by atoms with Crippen molar-refractivity contribution in [3.05, 3.63) is 35.4 Å². The number of allylic oxidation sites excluding steroid dienone is 2. The van der Waals surface area contributed by atoms with E-state index in [1.807, 2.05) is 12.1 Å². The predicted octanol–water partition coefficient (Wildman–Crippen LogP) is 10.3. The molecule has 5 aliphatic rings. The van der Waals surface area contributed by atoms with Gasteiger partial charge in [-0.2, -0.15) is 0 Å². The van der Waals surface area contributed by atoms with E-state index in [2.05, 4.69) is 54.5 Å². The highest BCUT2D eigenvalue weighted by molar-refractivity contribution is 5.96. The first kappa shape index (κ1) is 29.3. The minimum atomic E-state index is -0.823. The summed E-state index contributed by atoms with van der Waals surface area (Å²) in [5.74, 6) is 3.72. The molecule has 0 saturated heterocycles. The molecular weight excluding hydrogens is 504 g/mol. The van der Waals surface area contributed by atoms with Crippen molar-refractivity contribution < 1.29 is 14.6 Å². The van der Waals surface area contributed by atoms with Gasteiger partial charge in [-0.15, -0.1) is 0 Å². The third kappa shape index (κ3) is 3.91. The summed E-state index contributed by atoms with van der Waals surface area (Å²) in [5.41, 5.74) is 4.15. The molecule has 3 nitrogen and oxygen atoms in total. The average molecular weight is 561 g/mol. The van der Waals surface area contributed by atoms with E-state index in [0.717, 1.165) is 41.4 Å². The molecule has 0 amide bonds. The van der Waals surface area contributed by atoms with E-state index in [1.165, 1.54) is 69.8 Å². The zero-order chi connectivity index (χ0) is 29.6. The zero-order valence-corrected chi connectivity index (χ0v) is 27.2. The lowest BCUT2D eigenvalue weighted by atomic mass is 9.41. The quantitative estimate of drug-likeness (QED) is 0.344. The normalized spacial score (nSPS) is 41.0.